The maximum Gasteiger partial charge on any atom is 0.264 e. The van der Waals surface area contributed by atoms with E-state index < -0.39 is 5.41 Å². The van der Waals surface area contributed by atoms with Crippen molar-refractivity contribution in [3.63, 3.8) is 0 Å². The van der Waals surface area contributed by atoms with Crippen LogP contribution in [-0.4, -0.2) is 23.2 Å². The lowest BCUT2D eigenvalue weighted by Gasteiger charge is -2.32. The van der Waals surface area contributed by atoms with Crippen LogP contribution in [0.3, 0.4) is 0 Å². The van der Waals surface area contributed by atoms with Crippen LogP contribution >= 0.6 is 0 Å². The first-order valence-corrected chi connectivity index (χ1v) is 12.1. The highest BCUT2D eigenvalue weighted by atomic mass is 16.2. The molecule has 5 heteroatoms. The molecule has 2 aliphatic rings. The normalized spacial score (nSPS) is 19.4. The highest BCUT2D eigenvalue weighted by Crippen LogP contribution is 2.45. The second-order valence-electron chi connectivity index (χ2n) is 9.19. The molecule has 0 fully saturated rings. The number of nitrogens with zero attached hydrogens (tertiary/aromatic N) is 2. The Bertz CT molecular complexity index is 1650. The van der Waals surface area contributed by atoms with E-state index in [9.17, 15) is 14.4 Å². The standard InChI is InChI=1S/C32H22N2O3/c35-27-17-18-29(36)28(20-27)32(21-22-9-3-1-4-10-22)30(25-16-15-23-11-7-8-12-24(23)19-25)33-34(31(32)37)26-13-5-2-6-14-26/h1-20H,21H2. The summed E-state index contributed by atoms with van der Waals surface area (Å²) < 4.78 is 0. The molecule has 1 heterocycles. The SMILES string of the molecule is O=C1C=CC(=O)C(C2(Cc3ccccc3)C(=O)N(c3ccccc3)N=C2c2ccc3ccccc3c2)=C1. The number of benzene rings is 4. The molecular formula is C32H22N2O3. The van der Waals surface area contributed by atoms with Gasteiger partial charge in [-0.3, -0.25) is 14.4 Å². The Morgan fingerprint density at radius 1 is 0.703 bits per heavy atom. The van der Waals surface area contributed by atoms with Gasteiger partial charge in [0, 0.05) is 5.57 Å². The van der Waals surface area contributed by atoms with Crippen molar-refractivity contribution in [2.24, 2.45) is 10.5 Å². The Labute approximate surface area is 214 Å². The highest BCUT2D eigenvalue weighted by molar-refractivity contribution is 6.33. The molecule has 37 heavy (non-hydrogen) atoms. The molecule has 178 valence electrons. The number of carbonyl (C=O) groups excluding carboxylic acids is 3. The topological polar surface area (TPSA) is 66.8 Å². The fourth-order valence-corrected chi connectivity index (χ4v) is 5.14. The lowest BCUT2D eigenvalue weighted by Crippen LogP contribution is -2.46. The molecule has 0 spiro atoms. The largest absolute Gasteiger partial charge is 0.290 e. The van der Waals surface area contributed by atoms with E-state index in [1.807, 2.05) is 91.0 Å². The van der Waals surface area contributed by atoms with E-state index in [4.69, 9.17) is 5.10 Å². The van der Waals surface area contributed by atoms with E-state index in [0.717, 1.165) is 21.9 Å². The predicted molar refractivity (Wildman–Crippen MR) is 144 cm³/mol. The average Bonchev–Trinajstić information content (AvgIpc) is 3.23. The quantitative estimate of drug-likeness (QED) is 0.355. The molecule has 6 rings (SSSR count). The lowest BCUT2D eigenvalue weighted by molar-refractivity contribution is -0.124. The molecule has 1 amide bonds. The summed E-state index contributed by atoms with van der Waals surface area (Å²) in [6.07, 6.45) is 3.97. The molecular weight excluding hydrogens is 460 g/mol. The summed E-state index contributed by atoms with van der Waals surface area (Å²) >= 11 is 0. The van der Waals surface area contributed by atoms with Crippen molar-refractivity contribution in [2.45, 2.75) is 6.42 Å². The number of hydrogen-bond acceptors (Lipinski definition) is 4. The summed E-state index contributed by atoms with van der Waals surface area (Å²) in [5.41, 5.74) is 1.26. The molecule has 0 bridgehead atoms. The van der Waals surface area contributed by atoms with E-state index in [-0.39, 0.29) is 29.5 Å². The average molecular weight is 483 g/mol. The van der Waals surface area contributed by atoms with Crippen LogP contribution < -0.4 is 5.01 Å². The molecule has 0 saturated heterocycles. The number of carbonyl (C=O) groups is 3. The summed E-state index contributed by atoms with van der Waals surface area (Å²) in [4.78, 5) is 40.4. The Balaban J connectivity index is 1.64. The second-order valence-corrected chi connectivity index (χ2v) is 9.19. The minimum absolute atomic E-state index is 0.138. The molecule has 0 aromatic heterocycles. The summed E-state index contributed by atoms with van der Waals surface area (Å²) in [5.74, 6) is -1.06. The zero-order valence-corrected chi connectivity index (χ0v) is 19.9. The van der Waals surface area contributed by atoms with Crippen molar-refractivity contribution in [3.05, 3.63) is 138 Å². The van der Waals surface area contributed by atoms with Gasteiger partial charge in [-0.2, -0.15) is 10.1 Å². The summed E-state index contributed by atoms with van der Waals surface area (Å²) in [5, 5.41) is 8.28. The molecule has 4 aromatic rings. The zero-order valence-electron chi connectivity index (χ0n) is 19.9. The number of anilines is 1. The lowest BCUT2D eigenvalue weighted by atomic mass is 9.67. The van der Waals surface area contributed by atoms with Crippen molar-refractivity contribution >= 4 is 39.6 Å². The van der Waals surface area contributed by atoms with Gasteiger partial charge in [-0.15, -0.1) is 0 Å². The van der Waals surface area contributed by atoms with Gasteiger partial charge in [0.15, 0.2) is 11.6 Å². The Morgan fingerprint density at radius 3 is 2.14 bits per heavy atom. The molecule has 5 nitrogen and oxygen atoms in total. The third-order valence-electron chi connectivity index (χ3n) is 6.91. The Kier molecular flexibility index (Phi) is 5.46. The van der Waals surface area contributed by atoms with Crippen LogP contribution in [0.25, 0.3) is 10.8 Å². The van der Waals surface area contributed by atoms with Gasteiger partial charge in [0.1, 0.15) is 5.41 Å². The van der Waals surface area contributed by atoms with Crippen LogP contribution in [0.5, 0.6) is 0 Å². The van der Waals surface area contributed by atoms with E-state index >= 15 is 0 Å². The highest BCUT2D eigenvalue weighted by Gasteiger charge is 2.56. The van der Waals surface area contributed by atoms with Crippen LogP contribution in [0.1, 0.15) is 11.1 Å². The van der Waals surface area contributed by atoms with Gasteiger partial charge in [-0.1, -0.05) is 84.9 Å². The van der Waals surface area contributed by atoms with Gasteiger partial charge >= 0.3 is 0 Å². The van der Waals surface area contributed by atoms with Crippen molar-refractivity contribution in [1.29, 1.82) is 0 Å². The van der Waals surface area contributed by atoms with Gasteiger partial charge in [-0.25, -0.2) is 0 Å². The first-order chi connectivity index (χ1) is 18.1. The molecule has 0 N–H and O–H groups in total. The van der Waals surface area contributed by atoms with Crippen LogP contribution in [0.15, 0.2) is 132 Å². The number of fused-ring (bicyclic) bond motifs is 1. The third-order valence-corrected chi connectivity index (χ3v) is 6.91. The first-order valence-electron chi connectivity index (χ1n) is 12.1. The number of rotatable bonds is 5. The molecule has 0 saturated carbocycles. The minimum Gasteiger partial charge on any atom is -0.290 e. The van der Waals surface area contributed by atoms with E-state index in [2.05, 4.69) is 0 Å². The molecule has 4 aromatic carbocycles. The number of para-hydroxylation sites is 1. The molecule has 0 radical (unpaired) electrons. The molecule has 1 atom stereocenters. The predicted octanol–water partition coefficient (Wildman–Crippen LogP) is 5.45. The smallest absolute Gasteiger partial charge is 0.264 e. The fourth-order valence-electron chi connectivity index (χ4n) is 5.14. The van der Waals surface area contributed by atoms with Crippen LogP contribution in [0.2, 0.25) is 0 Å². The summed E-state index contributed by atoms with van der Waals surface area (Å²) in [6.45, 7) is 0. The van der Waals surface area contributed by atoms with Crippen LogP contribution in [0.4, 0.5) is 5.69 Å². The minimum atomic E-state index is -1.49. The van der Waals surface area contributed by atoms with Gasteiger partial charge < -0.3 is 0 Å². The number of hydrogen-bond donors (Lipinski definition) is 0. The summed E-state index contributed by atoms with van der Waals surface area (Å²) in [6, 6.07) is 32.5. The number of allylic oxidation sites excluding steroid dienone is 3. The third kappa shape index (κ3) is 3.81. The Hall–Kier alpha value is -4.90. The fraction of sp³-hybridized carbons (Fsp3) is 0.0625. The molecule has 1 aliphatic carbocycles. The van der Waals surface area contributed by atoms with E-state index in [1.54, 1.807) is 12.1 Å². The number of hydrazone groups is 1. The van der Waals surface area contributed by atoms with Crippen molar-refractivity contribution < 1.29 is 14.4 Å². The van der Waals surface area contributed by atoms with E-state index in [0.29, 0.717) is 11.4 Å². The number of amides is 1. The van der Waals surface area contributed by atoms with Gasteiger partial charge in [0.25, 0.3) is 5.91 Å². The first kappa shape index (κ1) is 22.6. The molecule has 1 aliphatic heterocycles. The van der Waals surface area contributed by atoms with Crippen molar-refractivity contribution in [3.8, 4) is 0 Å². The van der Waals surface area contributed by atoms with Gasteiger partial charge in [-0.05, 0) is 64.7 Å². The Morgan fingerprint density at radius 2 is 1.38 bits per heavy atom. The zero-order chi connectivity index (χ0) is 25.4. The van der Waals surface area contributed by atoms with Crippen LogP contribution in [-0.2, 0) is 20.8 Å². The monoisotopic (exact) mass is 482 g/mol. The van der Waals surface area contributed by atoms with E-state index in [1.165, 1.54) is 23.2 Å². The number of ketones is 2. The van der Waals surface area contributed by atoms with Gasteiger partial charge in [0.05, 0.1) is 11.4 Å². The van der Waals surface area contributed by atoms with Crippen molar-refractivity contribution in [1.82, 2.24) is 0 Å². The van der Waals surface area contributed by atoms with Crippen molar-refractivity contribution in [2.75, 3.05) is 5.01 Å². The van der Waals surface area contributed by atoms with Gasteiger partial charge in [0.2, 0.25) is 0 Å². The maximum absolute atomic E-state index is 14.5. The maximum atomic E-state index is 14.5. The molecule has 1 unspecified atom stereocenters. The second kappa shape index (κ2) is 8.95. The summed E-state index contributed by atoms with van der Waals surface area (Å²) in [7, 11) is 0. The van der Waals surface area contributed by atoms with Crippen LogP contribution in [0, 0.1) is 5.41 Å².